The molecular weight excluding hydrogens is 1280 g/mol. The molecule has 0 aromatic carbocycles. The number of amides is 14. The molecule has 0 fully saturated rings. The maximum Gasteiger partial charge on any atom is 0.325 e. The number of primary amides is 1. The molecule has 0 spiro atoms. The number of rotatable bonds is 50. The van der Waals surface area contributed by atoms with Gasteiger partial charge in [-0.2, -0.15) is 0 Å². The number of aliphatic hydroxyl groups is 4. The van der Waals surface area contributed by atoms with Gasteiger partial charge < -0.3 is 129 Å². The number of hydrogen-bond donors (Lipinski definition) is 24. The van der Waals surface area contributed by atoms with Crippen molar-refractivity contribution < 1.29 is 97.5 Å². The quantitative estimate of drug-likeness (QED) is 0.0116. The third-order valence-corrected chi connectivity index (χ3v) is 14.2. The summed E-state index contributed by atoms with van der Waals surface area (Å²) < 4.78 is 0. The van der Waals surface area contributed by atoms with E-state index in [4.69, 9.17) is 34.4 Å². The van der Waals surface area contributed by atoms with Gasteiger partial charge in [0.15, 0.2) is 5.96 Å². The van der Waals surface area contributed by atoms with E-state index >= 15 is 0 Å². The minimum Gasteiger partial charge on any atom is -0.480 e. The molecule has 550 valence electrons. The van der Waals surface area contributed by atoms with E-state index in [1.165, 1.54) is 13.8 Å². The summed E-state index contributed by atoms with van der Waals surface area (Å²) in [5.74, 6) is -15.6. The van der Waals surface area contributed by atoms with E-state index in [-0.39, 0.29) is 77.1 Å². The second-order valence-electron chi connectivity index (χ2n) is 22.6. The zero-order valence-corrected chi connectivity index (χ0v) is 55.3. The number of nitrogens with one attached hydrogen (secondary N) is 13. The molecule has 0 aromatic rings. The molecule has 0 unspecified atom stereocenters. The highest BCUT2D eigenvalue weighted by molar-refractivity contribution is 5.99. The SMILES string of the molecule is C=CC(=O)NCCCC[C@H](NC(=O)[C@H](CCCN=C(N)N)NC(=O)[C@H](C)NC(=O)[C@@H](NC(=O)[C@H](CCC(N)=O)NC(=O)[C@H](CCCCN)NC(=O)[C@@H](N)[C@@H](C)O)[C@@H](C)O)C(=O)N[C@@H](CO)C(=O)N[C@H](C(=O)NCC(=O)NCC(=O)N[C@@H](CCCCN)C(=O)N[C@@H](C)C(=O)O)[C@@H](C)O. The van der Waals surface area contributed by atoms with Crippen LogP contribution in [-0.4, -0.2) is 251 Å². The zero-order valence-electron chi connectivity index (χ0n) is 55.3. The van der Waals surface area contributed by atoms with Crippen LogP contribution in [0.5, 0.6) is 0 Å². The van der Waals surface area contributed by atoms with Gasteiger partial charge in [0.05, 0.1) is 38.0 Å². The largest absolute Gasteiger partial charge is 0.480 e. The first kappa shape index (κ1) is 87.8. The van der Waals surface area contributed by atoms with Crippen LogP contribution in [0.15, 0.2) is 17.6 Å². The molecule has 0 aliphatic rings. The van der Waals surface area contributed by atoms with Crippen molar-refractivity contribution in [2.45, 2.75) is 203 Å². The third kappa shape index (κ3) is 36.5. The number of aliphatic carboxylic acids is 1. The summed E-state index contributed by atoms with van der Waals surface area (Å²) in [6, 6.07) is -17.4. The molecule has 0 aliphatic heterocycles. The normalized spacial score (nSPS) is 15.3. The Balaban J connectivity index is 6.63. The van der Waals surface area contributed by atoms with Gasteiger partial charge in [0.1, 0.15) is 66.5 Å². The number of carboxylic acids is 1. The number of guanidine groups is 1. The fraction of sp³-hybridized carbons (Fsp3) is 0.684. The molecule has 0 saturated carbocycles. The van der Waals surface area contributed by atoms with Crippen molar-refractivity contribution in [2.24, 2.45) is 39.4 Å². The number of carboxylic acid groups (broad SMARTS) is 1. The lowest BCUT2D eigenvalue weighted by molar-refractivity contribution is -0.141. The van der Waals surface area contributed by atoms with Crippen molar-refractivity contribution in [3.05, 3.63) is 12.7 Å². The predicted molar refractivity (Wildman–Crippen MR) is 346 cm³/mol. The fourth-order valence-corrected chi connectivity index (χ4v) is 8.50. The van der Waals surface area contributed by atoms with E-state index in [9.17, 15) is 97.5 Å². The van der Waals surface area contributed by atoms with Crippen LogP contribution < -0.4 is 104 Å². The number of carbonyl (C=O) groups excluding carboxylic acids is 14. The first-order valence-corrected chi connectivity index (χ1v) is 31.4. The van der Waals surface area contributed by atoms with Gasteiger partial charge in [0.2, 0.25) is 82.7 Å². The topological polar surface area (TPSA) is 682 Å². The summed E-state index contributed by atoms with van der Waals surface area (Å²) in [6.45, 7) is 6.86. The Morgan fingerprint density at radius 2 is 0.856 bits per heavy atom. The van der Waals surface area contributed by atoms with Gasteiger partial charge in [0.25, 0.3) is 0 Å². The van der Waals surface area contributed by atoms with Crippen LogP contribution in [0.1, 0.15) is 118 Å². The Morgan fingerprint density at radius 1 is 0.443 bits per heavy atom. The Bertz CT molecular complexity index is 2680. The van der Waals surface area contributed by atoms with Crippen LogP contribution in [0.25, 0.3) is 0 Å². The van der Waals surface area contributed by atoms with Gasteiger partial charge in [-0.25, -0.2) is 0 Å². The number of nitrogens with zero attached hydrogens (tertiary/aromatic N) is 1. The standard InChI is InChI=1S/C57H102N20O20/c1-7-40(83)64-23-13-10-17-34(50(90)75-38(27-78)52(92)76-44(31(5)80)54(94)67-25-41(84)66-26-42(85)70-33(15-8-11-21-58)47(87)69-29(3)56(96)97)72-49(89)36(18-14-24-65-57(62)63)71-46(86)28(2)68-55(95)45(32(6)81)77-51(91)37(19-20-39(60)82)73-48(88)35(16-9-12-22-59)74-53(93)43(61)30(4)79/h7,28-38,43-45,78-81H,1,8-27,58-59,61H2,2-6H3,(H2,60,82)(H,64,83)(H,66,84)(H,67,94)(H,68,95)(H,69,87)(H,70,85)(H,71,86)(H,72,89)(H,73,88)(H,74,93)(H,75,90)(H,76,92)(H,77,91)(H,96,97)(H4,62,63,65)/t28-,29-,30+,31+,32+,33-,34-,35-,36-,37-,38-,43-,44-,45-/m0/s1. The summed E-state index contributed by atoms with van der Waals surface area (Å²) in [7, 11) is 0. The summed E-state index contributed by atoms with van der Waals surface area (Å²) in [4.78, 5) is 200. The van der Waals surface area contributed by atoms with Crippen molar-refractivity contribution in [3.8, 4) is 0 Å². The maximum atomic E-state index is 14.3. The summed E-state index contributed by atoms with van der Waals surface area (Å²) in [5, 5.41) is 80.9. The monoisotopic (exact) mass is 1390 g/mol. The summed E-state index contributed by atoms with van der Waals surface area (Å²) in [5.41, 5.74) is 33.2. The van der Waals surface area contributed by atoms with E-state index in [1.807, 2.05) is 0 Å². The van der Waals surface area contributed by atoms with E-state index in [2.05, 4.69) is 80.7 Å². The molecule has 0 radical (unpaired) electrons. The minimum absolute atomic E-state index is 0.0144. The Labute approximate surface area is 560 Å². The van der Waals surface area contributed by atoms with Crippen LogP contribution in [0.3, 0.4) is 0 Å². The molecular formula is C57H102N20O20. The second kappa shape index (κ2) is 47.6. The number of hydrogen-bond acceptors (Lipinski definition) is 23. The lowest BCUT2D eigenvalue weighted by atomic mass is 10.0. The molecule has 0 rings (SSSR count). The summed E-state index contributed by atoms with van der Waals surface area (Å²) >= 11 is 0. The van der Waals surface area contributed by atoms with Crippen molar-refractivity contribution in [3.63, 3.8) is 0 Å². The first-order valence-electron chi connectivity index (χ1n) is 31.4. The van der Waals surface area contributed by atoms with Crippen molar-refractivity contribution in [1.29, 1.82) is 0 Å². The van der Waals surface area contributed by atoms with E-state index in [0.717, 1.165) is 26.8 Å². The van der Waals surface area contributed by atoms with E-state index in [1.54, 1.807) is 0 Å². The smallest absolute Gasteiger partial charge is 0.325 e. The zero-order chi connectivity index (χ0) is 74.1. The first-order chi connectivity index (χ1) is 45.5. The van der Waals surface area contributed by atoms with Gasteiger partial charge >= 0.3 is 5.97 Å². The average molecular weight is 1390 g/mol. The molecule has 40 nitrogen and oxygen atoms in total. The van der Waals surface area contributed by atoms with Crippen LogP contribution in [0.2, 0.25) is 0 Å². The van der Waals surface area contributed by atoms with Crippen LogP contribution in [-0.2, 0) is 71.9 Å². The molecule has 14 atom stereocenters. The molecule has 0 aliphatic carbocycles. The van der Waals surface area contributed by atoms with Crippen LogP contribution >= 0.6 is 0 Å². The molecule has 0 aromatic heterocycles. The summed E-state index contributed by atoms with van der Waals surface area (Å²) in [6.07, 6.45) is -3.31. The molecule has 0 heterocycles. The van der Waals surface area contributed by atoms with Crippen molar-refractivity contribution >= 4 is 94.6 Å². The lowest BCUT2D eigenvalue weighted by Crippen LogP contribution is -2.62. The predicted octanol–water partition coefficient (Wildman–Crippen LogP) is -11.3. The van der Waals surface area contributed by atoms with Gasteiger partial charge in [-0.15, -0.1) is 0 Å². The average Bonchev–Trinajstić information content (AvgIpc) is 0.910. The highest BCUT2D eigenvalue weighted by atomic mass is 16.4. The van der Waals surface area contributed by atoms with Crippen molar-refractivity contribution in [2.75, 3.05) is 45.9 Å². The molecule has 14 amide bonds. The second-order valence-corrected chi connectivity index (χ2v) is 22.6. The van der Waals surface area contributed by atoms with Gasteiger partial charge in [-0.05, 0) is 131 Å². The Hall–Kier alpha value is -9.22. The lowest BCUT2D eigenvalue weighted by Gasteiger charge is -2.28. The van der Waals surface area contributed by atoms with E-state index < -0.39 is 206 Å². The maximum absolute atomic E-state index is 14.3. The number of unbranched alkanes of at least 4 members (excludes halogenated alkanes) is 3. The Morgan fingerprint density at radius 3 is 1.32 bits per heavy atom. The van der Waals surface area contributed by atoms with E-state index in [0.29, 0.717) is 25.7 Å². The highest BCUT2D eigenvalue weighted by Crippen LogP contribution is 2.10. The molecule has 0 saturated heterocycles. The highest BCUT2D eigenvalue weighted by Gasteiger charge is 2.37. The molecule has 97 heavy (non-hydrogen) atoms. The van der Waals surface area contributed by atoms with Gasteiger partial charge in [-0.1, -0.05) is 6.58 Å². The molecule has 0 bridgehead atoms. The van der Waals surface area contributed by atoms with Gasteiger partial charge in [0, 0.05) is 19.5 Å². The number of aliphatic imine (C=N–C) groups is 1. The van der Waals surface area contributed by atoms with Crippen LogP contribution in [0, 0.1) is 0 Å². The Kier molecular flexibility index (Phi) is 43.1. The number of aliphatic hydroxyl groups excluding tert-OH is 4. The minimum atomic E-state index is -1.91. The number of carbonyl (C=O) groups is 15. The van der Waals surface area contributed by atoms with Crippen molar-refractivity contribution in [1.82, 2.24) is 69.1 Å². The number of nitrogens with two attached hydrogens (primary N) is 6. The molecule has 40 heteroatoms. The molecule has 30 N–H and O–H groups in total. The van der Waals surface area contributed by atoms with Crippen LogP contribution in [0.4, 0.5) is 0 Å². The third-order valence-electron chi connectivity index (χ3n) is 14.2. The fourth-order valence-electron chi connectivity index (χ4n) is 8.50. The van der Waals surface area contributed by atoms with Gasteiger partial charge in [-0.3, -0.25) is 76.9 Å².